The van der Waals surface area contributed by atoms with Crippen LogP contribution in [-0.2, 0) is 37.0 Å². The standard InChI is InChI=1S/C13H19N5O12P2/c1-26-9(19)4-28-32(24,25)27-3-7-6(30-31(21,22)23)2-8(29-7)18-5-15-10-11(18)16-13(14)17-12(10)20/h5-8H,2-4H2,1H3,(H,24,25)(H2,21,22,23)(H3,14,16,17,20)/t6?,7-,8-/m1/s1. The van der Waals surface area contributed by atoms with E-state index < -0.39 is 58.8 Å². The van der Waals surface area contributed by atoms with Crippen LogP contribution in [0.15, 0.2) is 11.1 Å². The number of aromatic nitrogens is 4. The molecule has 3 heterocycles. The number of nitrogens with one attached hydrogen (secondary N) is 1. The van der Waals surface area contributed by atoms with Crippen LogP contribution in [0.3, 0.4) is 0 Å². The molecular weight excluding hydrogens is 480 g/mol. The number of hydrogen-bond acceptors (Lipinski definition) is 12. The molecule has 19 heteroatoms. The second kappa shape index (κ2) is 9.35. The number of ether oxygens (including phenoxy) is 2. The molecule has 0 aliphatic carbocycles. The molecular formula is C13H19N5O12P2. The second-order valence-corrected chi connectivity index (χ2v) is 9.03. The number of methoxy groups -OCH3 is 1. The molecule has 2 aromatic heterocycles. The van der Waals surface area contributed by atoms with Gasteiger partial charge < -0.3 is 29.9 Å². The molecule has 0 radical (unpaired) electrons. The third kappa shape index (κ3) is 5.98. The van der Waals surface area contributed by atoms with Crippen LogP contribution in [0.5, 0.6) is 0 Å². The van der Waals surface area contributed by atoms with Crippen LogP contribution in [0.25, 0.3) is 11.2 Å². The van der Waals surface area contributed by atoms with E-state index in [4.69, 9.17) is 19.5 Å². The number of rotatable bonds is 9. The van der Waals surface area contributed by atoms with Gasteiger partial charge in [0.15, 0.2) is 17.8 Å². The maximum absolute atomic E-state index is 11.9. The van der Waals surface area contributed by atoms with Crippen LogP contribution in [-0.4, -0.2) is 72.7 Å². The summed E-state index contributed by atoms with van der Waals surface area (Å²) < 4.78 is 48.4. The molecule has 32 heavy (non-hydrogen) atoms. The lowest BCUT2D eigenvalue weighted by Gasteiger charge is -2.20. The smallest absolute Gasteiger partial charge is 0.467 e. The number of fused-ring (bicyclic) bond motifs is 1. The molecule has 1 aliphatic heterocycles. The molecule has 0 amide bonds. The number of aromatic amines is 1. The Hall–Kier alpha value is -2.20. The lowest BCUT2D eigenvalue weighted by Crippen LogP contribution is -2.28. The Balaban J connectivity index is 1.78. The van der Waals surface area contributed by atoms with Gasteiger partial charge in [0.2, 0.25) is 5.95 Å². The molecule has 178 valence electrons. The first kappa shape index (κ1) is 24.4. The number of nitrogens with two attached hydrogens (primary N) is 1. The van der Waals surface area contributed by atoms with Crippen LogP contribution in [0, 0.1) is 0 Å². The van der Waals surface area contributed by atoms with E-state index in [9.17, 15) is 33.4 Å². The van der Waals surface area contributed by atoms with Gasteiger partial charge in [-0.1, -0.05) is 0 Å². The van der Waals surface area contributed by atoms with Crippen molar-refractivity contribution in [1.82, 2.24) is 19.5 Å². The number of hydrogen-bond donors (Lipinski definition) is 5. The van der Waals surface area contributed by atoms with Gasteiger partial charge in [-0.2, -0.15) is 4.98 Å². The zero-order chi connectivity index (χ0) is 23.7. The average Bonchev–Trinajstić information content (AvgIpc) is 3.27. The van der Waals surface area contributed by atoms with Gasteiger partial charge in [-0.3, -0.25) is 27.9 Å². The highest BCUT2D eigenvalue weighted by Crippen LogP contribution is 2.47. The Bertz CT molecular complexity index is 1140. The molecule has 0 saturated carbocycles. The van der Waals surface area contributed by atoms with Crippen molar-refractivity contribution in [2.45, 2.75) is 24.9 Å². The molecule has 0 bridgehead atoms. The molecule has 0 aromatic carbocycles. The fourth-order valence-corrected chi connectivity index (χ4v) is 4.11. The molecule has 17 nitrogen and oxygen atoms in total. The summed E-state index contributed by atoms with van der Waals surface area (Å²) in [5.41, 5.74) is 4.89. The van der Waals surface area contributed by atoms with E-state index in [0.717, 1.165) is 7.11 Å². The fraction of sp³-hybridized carbons (Fsp3) is 0.538. The van der Waals surface area contributed by atoms with Crippen LogP contribution < -0.4 is 11.3 Å². The van der Waals surface area contributed by atoms with Crippen molar-refractivity contribution >= 4 is 38.7 Å². The third-order valence-electron chi connectivity index (χ3n) is 4.19. The minimum Gasteiger partial charge on any atom is -0.467 e. The van der Waals surface area contributed by atoms with Gasteiger partial charge in [-0.05, 0) is 0 Å². The number of carbonyl (C=O) groups excluding carboxylic acids is 1. The Morgan fingerprint density at radius 2 is 2.09 bits per heavy atom. The van der Waals surface area contributed by atoms with Gasteiger partial charge >= 0.3 is 21.6 Å². The summed E-state index contributed by atoms with van der Waals surface area (Å²) in [7, 11) is -8.69. The fourth-order valence-electron chi connectivity index (χ4n) is 2.86. The largest absolute Gasteiger partial charge is 0.472 e. The maximum atomic E-state index is 11.9. The highest BCUT2D eigenvalue weighted by molar-refractivity contribution is 7.47. The van der Waals surface area contributed by atoms with Gasteiger partial charge in [0, 0.05) is 6.42 Å². The highest BCUT2D eigenvalue weighted by atomic mass is 31.2. The Labute approximate surface area is 178 Å². The molecule has 6 N–H and O–H groups in total. The molecule has 2 aromatic rings. The molecule has 0 spiro atoms. The first-order chi connectivity index (χ1) is 14.9. The summed E-state index contributed by atoms with van der Waals surface area (Å²) >= 11 is 0. The summed E-state index contributed by atoms with van der Waals surface area (Å²) in [4.78, 5) is 61.2. The molecule has 1 aliphatic rings. The van der Waals surface area contributed by atoms with Crippen LogP contribution in [0.1, 0.15) is 12.6 Å². The summed E-state index contributed by atoms with van der Waals surface area (Å²) in [6.07, 6.45) is -2.57. The maximum Gasteiger partial charge on any atom is 0.472 e. The second-order valence-electron chi connectivity index (χ2n) is 6.39. The van der Waals surface area contributed by atoms with E-state index in [2.05, 4.69) is 24.2 Å². The Morgan fingerprint density at radius 3 is 2.75 bits per heavy atom. The van der Waals surface area contributed by atoms with Crippen molar-refractivity contribution < 1.29 is 51.6 Å². The van der Waals surface area contributed by atoms with Crippen LogP contribution in [0.2, 0.25) is 0 Å². The molecule has 2 unspecified atom stereocenters. The number of esters is 1. The van der Waals surface area contributed by atoms with Gasteiger partial charge in [0.1, 0.15) is 18.4 Å². The van der Waals surface area contributed by atoms with Crippen LogP contribution in [0.4, 0.5) is 5.95 Å². The SMILES string of the molecule is COC(=O)COP(=O)(O)OC[C@H]1O[C@@H](n2cnc3c(=O)[nH]c(N)nc32)CC1OP(=O)(O)O. The molecule has 1 saturated heterocycles. The monoisotopic (exact) mass is 499 g/mol. The van der Waals surface area contributed by atoms with Crippen molar-refractivity contribution in [3.8, 4) is 0 Å². The van der Waals surface area contributed by atoms with Gasteiger partial charge in [-0.15, -0.1) is 0 Å². The van der Waals surface area contributed by atoms with Crippen molar-refractivity contribution in [3.05, 3.63) is 16.7 Å². The summed E-state index contributed by atoms with van der Waals surface area (Å²) in [6.45, 7) is -1.58. The van der Waals surface area contributed by atoms with Gasteiger partial charge in [0.25, 0.3) is 5.56 Å². The molecule has 1 fully saturated rings. The topological polar surface area (TPSA) is 248 Å². The first-order valence-electron chi connectivity index (χ1n) is 8.69. The van der Waals surface area contributed by atoms with E-state index in [1.54, 1.807) is 0 Å². The minimum atomic E-state index is -4.99. The zero-order valence-electron chi connectivity index (χ0n) is 16.3. The molecule has 4 atom stereocenters. The number of anilines is 1. The van der Waals surface area contributed by atoms with Gasteiger partial charge in [-0.25, -0.2) is 18.9 Å². The minimum absolute atomic E-state index is 0.0296. The number of nitrogen functional groups attached to an aromatic ring is 1. The lowest BCUT2D eigenvalue weighted by atomic mass is 10.2. The normalized spacial score (nSPS) is 23.3. The third-order valence-corrected chi connectivity index (χ3v) is 5.67. The van der Waals surface area contributed by atoms with Crippen LogP contribution >= 0.6 is 15.6 Å². The summed E-state index contributed by atoms with van der Waals surface area (Å²) in [5.74, 6) is -1.13. The summed E-state index contributed by atoms with van der Waals surface area (Å²) in [5, 5.41) is 0. The van der Waals surface area contributed by atoms with Crippen molar-refractivity contribution in [2.24, 2.45) is 0 Å². The highest BCUT2D eigenvalue weighted by Gasteiger charge is 2.42. The summed E-state index contributed by atoms with van der Waals surface area (Å²) in [6, 6.07) is 0. The van der Waals surface area contributed by atoms with E-state index >= 15 is 0 Å². The predicted octanol–water partition coefficient (Wildman–Crippen LogP) is -1.23. The predicted molar refractivity (Wildman–Crippen MR) is 102 cm³/mol. The number of nitrogens with zero attached hydrogens (tertiary/aromatic N) is 3. The van der Waals surface area contributed by atoms with Crippen molar-refractivity contribution in [3.63, 3.8) is 0 Å². The number of phosphoric ester groups is 2. The van der Waals surface area contributed by atoms with Crippen molar-refractivity contribution in [2.75, 3.05) is 26.1 Å². The quantitative estimate of drug-likeness (QED) is 0.200. The number of phosphoric acid groups is 2. The Morgan fingerprint density at radius 1 is 1.38 bits per heavy atom. The van der Waals surface area contributed by atoms with Gasteiger partial charge in [0.05, 0.1) is 20.0 Å². The molecule has 3 rings (SSSR count). The van der Waals surface area contributed by atoms with E-state index in [0.29, 0.717) is 0 Å². The lowest BCUT2D eigenvalue weighted by molar-refractivity contribution is -0.143. The first-order valence-corrected chi connectivity index (χ1v) is 11.7. The van der Waals surface area contributed by atoms with E-state index in [1.165, 1.54) is 10.9 Å². The average molecular weight is 499 g/mol. The zero-order valence-corrected chi connectivity index (χ0v) is 18.0. The Kier molecular flexibility index (Phi) is 7.14. The number of carbonyl (C=O) groups is 1. The van der Waals surface area contributed by atoms with E-state index in [1.807, 2.05) is 0 Å². The van der Waals surface area contributed by atoms with E-state index in [-0.39, 0.29) is 23.5 Å². The number of imidazole rings is 1. The van der Waals surface area contributed by atoms with Crippen molar-refractivity contribution in [1.29, 1.82) is 0 Å². The number of H-pyrrole nitrogens is 1.